The molecule has 1 aromatic carbocycles. The van der Waals surface area contributed by atoms with Crippen molar-refractivity contribution in [3.8, 4) is 0 Å². The molecule has 0 aliphatic rings. The van der Waals surface area contributed by atoms with Crippen LogP contribution in [0.15, 0.2) is 34.1 Å². The lowest BCUT2D eigenvalue weighted by atomic mass is 10.3. The van der Waals surface area contributed by atoms with Crippen molar-refractivity contribution in [2.45, 2.75) is 35.3 Å². The van der Waals surface area contributed by atoms with Crippen LogP contribution in [0.3, 0.4) is 0 Å². The Balaban J connectivity index is 2.70. The van der Waals surface area contributed by atoms with Crippen molar-refractivity contribution in [3.05, 3.63) is 24.3 Å². The molecule has 0 spiro atoms. The minimum absolute atomic E-state index is 0.0843. The third kappa shape index (κ3) is 4.87. The Morgan fingerprint density at radius 2 is 1.89 bits per heavy atom. The molecular weight excluding hydrogens is 284 g/mol. The first kappa shape index (κ1) is 16.0. The molecule has 0 fully saturated rings. The summed E-state index contributed by atoms with van der Waals surface area (Å²) >= 11 is 1.52. The second-order valence-corrected chi connectivity index (χ2v) is 7.87. The molecular formula is C13H18O4S2. The lowest BCUT2D eigenvalue weighted by Crippen LogP contribution is -2.08. The molecule has 0 aliphatic heterocycles. The first-order valence-electron chi connectivity index (χ1n) is 5.95. The monoisotopic (exact) mass is 302 g/mol. The molecule has 1 rings (SSSR count). The Hall–Kier alpha value is -1.01. The van der Waals surface area contributed by atoms with E-state index in [1.807, 2.05) is 6.92 Å². The Morgan fingerprint density at radius 3 is 2.37 bits per heavy atom. The summed E-state index contributed by atoms with van der Waals surface area (Å²) in [6, 6.07) is 6.74. The van der Waals surface area contributed by atoms with Gasteiger partial charge in [0.15, 0.2) is 9.84 Å². The predicted octanol–water partition coefficient (Wildman–Crippen LogP) is 2.52. The fraction of sp³-hybridized carbons (Fsp3) is 0.462. The third-order valence-electron chi connectivity index (χ3n) is 2.58. The second-order valence-electron chi connectivity index (χ2n) is 4.08. The number of carbonyl (C=O) groups excluding carboxylic acids is 1. The highest BCUT2D eigenvalue weighted by Crippen LogP contribution is 2.26. The summed E-state index contributed by atoms with van der Waals surface area (Å²) in [5, 5.41) is 0.0843. The minimum Gasteiger partial charge on any atom is -0.469 e. The third-order valence-corrected chi connectivity index (χ3v) is 5.45. The SMILES string of the molecule is CCS(=O)(=O)c1ccc(SC(C)CC(=O)OC)cc1. The number of rotatable bonds is 6. The number of sulfone groups is 1. The van der Waals surface area contributed by atoms with Crippen LogP contribution in [0.25, 0.3) is 0 Å². The van der Waals surface area contributed by atoms with Crippen LogP contribution < -0.4 is 0 Å². The zero-order chi connectivity index (χ0) is 14.5. The number of hydrogen-bond acceptors (Lipinski definition) is 5. The smallest absolute Gasteiger partial charge is 0.306 e. The first-order chi connectivity index (χ1) is 8.89. The fourth-order valence-corrected chi connectivity index (χ4v) is 3.35. The number of hydrogen-bond donors (Lipinski definition) is 0. The molecule has 1 unspecified atom stereocenters. The van der Waals surface area contributed by atoms with E-state index in [-0.39, 0.29) is 17.0 Å². The summed E-state index contributed by atoms with van der Waals surface area (Å²) in [5.41, 5.74) is 0. The molecule has 0 aromatic heterocycles. The Morgan fingerprint density at radius 1 is 1.32 bits per heavy atom. The van der Waals surface area contributed by atoms with E-state index in [1.54, 1.807) is 31.2 Å². The Bertz CT molecular complexity index is 520. The van der Waals surface area contributed by atoms with Gasteiger partial charge in [0.1, 0.15) is 0 Å². The highest BCUT2D eigenvalue weighted by Gasteiger charge is 2.13. The molecule has 0 N–H and O–H groups in total. The zero-order valence-corrected chi connectivity index (χ0v) is 12.9. The Kier molecular flexibility index (Phi) is 5.87. The maximum Gasteiger partial charge on any atom is 0.306 e. The van der Waals surface area contributed by atoms with E-state index in [0.717, 1.165) is 4.90 Å². The average Bonchev–Trinajstić information content (AvgIpc) is 2.39. The van der Waals surface area contributed by atoms with Crippen molar-refractivity contribution < 1.29 is 17.9 Å². The summed E-state index contributed by atoms with van der Waals surface area (Å²) in [6.07, 6.45) is 0.330. The minimum atomic E-state index is -3.15. The topological polar surface area (TPSA) is 60.4 Å². The molecule has 0 bridgehead atoms. The predicted molar refractivity (Wildman–Crippen MR) is 76.1 cm³/mol. The highest BCUT2D eigenvalue weighted by molar-refractivity contribution is 8.00. The number of methoxy groups -OCH3 is 1. The van der Waals surface area contributed by atoms with Crippen molar-refractivity contribution >= 4 is 27.6 Å². The molecule has 19 heavy (non-hydrogen) atoms. The summed E-state index contributed by atoms with van der Waals surface area (Å²) < 4.78 is 27.9. The van der Waals surface area contributed by atoms with Gasteiger partial charge in [-0.15, -0.1) is 11.8 Å². The van der Waals surface area contributed by atoms with Crippen LogP contribution in [-0.2, 0) is 19.4 Å². The van der Waals surface area contributed by atoms with Crippen LogP contribution in [0.2, 0.25) is 0 Å². The van der Waals surface area contributed by atoms with Gasteiger partial charge in [-0.2, -0.15) is 0 Å². The van der Waals surface area contributed by atoms with Crippen LogP contribution in [0.4, 0.5) is 0 Å². The molecule has 0 heterocycles. The average molecular weight is 302 g/mol. The normalized spacial score (nSPS) is 13.0. The first-order valence-corrected chi connectivity index (χ1v) is 8.48. The van der Waals surface area contributed by atoms with Gasteiger partial charge in [0.25, 0.3) is 0 Å². The van der Waals surface area contributed by atoms with Crippen LogP contribution in [0.1, 0.15) is 20.3 Å². The van der Waals surface area contributed by atoms with E-state index in [4.69, 9.17) is 0 Å². The summed E-state index contributed by atoms with van der Waals surface area (Å²) in [4.78, 5) is 12.4. The summed E-state index contributed by atoms with van der Waals surface area (Å²) in [5.74, 6) is -0.150. The molecule has 106 valence electrons. The van der Waals surface area contributed by atoms with E-state index >= 15 is 0 Å². The molecule has 1 aromatic rings. The van der Waals surface area contributed by atoms with Gasteiger partial charge in [0.05, 0.1) is 24.2 Å². The van der Waals surface area contributed by atoms with Crippen LogP contribution in [0, 0.1) is 0 Å². The fourth-order valence-electron chi connectivity index (χ4n) is 1.48. The van der Waals surface area contributed by atoms with Gasteiger partial charge in [0, 0.05) is 10.1 Å². The van der Waals surface area contributed by atoms with E-state index < -0.39 is 9.84 Å². The van der Waals surface area contributed by atoms with Gasteiger partial charge < -0.3 is 4.74 Å². The Labute approximate surface area is 118 Å². The van der Waals surface area contributed by atoms with Crippen molar-refractivity contribution in [1.29, 1.82) is 0 Å². The van der Waals surface area contributed by atoms with Crippen LogP contribution in [-0.4, -0.2) is 32.5 Å². The summed E-state index contributed by atoms with van der Waals surface area (Å²) in [6.45, 7) is 3.55. The van der Waals surface area contributed by atoms with E-state index in [1.165, 1.54) is 18.9 Å². The molecule has 0 aliphatic carbocycles. The molecule has 1 atom stereocenters. The molecule has 0 saturated heterocycles. The van der Waals surface area contributed by atoms with E-state index in [9.17, 15) is 13.2 Å². The lowest BCUT2D eigenvalue weighted by Gasteiger charge is -2.10. The number of ether oxygens (including phenoxy) is 1. The molecule has 6 heteroatoms. The quantitative estimate of drug-likeness (QED) is 0.597. The molecule has 4 nitrogen and oxygen atoms in total. The van der Waals surface area contributed by atoms with Crippen molar-refractivity contribution in [1.82, 2.24) is 0 Å². The lowest BCUT2D eigenvalue weighted by molar-refractivity contribution is -0.140. The standard InChI is InChI=1S/C13H18O4S2/c1-4-19(15,16)12-7-5-11(6-8-12)18-10(2)9-13(14)17-3/h5-8,10H,4,9H2,1-3H3. The number of thioether (sulfide) groups is 1. The molecule has 0 radical (unpaired) electrons. The summed E-state index contributed by atoms with van der Waals surface area (Å²) in [7, 11) is -1.78. The van der Waals surface area contributed by atoms with Gasteiger partial charge >= 0.3 is 5.97 Å². The van der Waals surface area contributed by atoms with Crippen LogP contribution in [0.5, 0.6) is 0 Å². The van der Waals surface area contributed by atoms with Gasteiger partial charge in [-0.3, -0.25) is 4.79 Å². The number of carbonyl (C=O) groups is 1. The van der Waals surface area contributed by atoms with E-state index in [0.29, 0.717) is 11.3 Å². The van der Waals surface area contributed by atoms with Crippen molar-refractivity contribution in [2.75, 3.05) is 12.9 Å². The van der Waals surface area contributed by atoms with Crippen molar-refractivity contribution in [2.24, 2.45) is 0 Å². The number of benzene rings is 1. The van der Waals surface area contributed by atoms with Gasteiger partial charge in [-0.25, -0.2) is 8.42 Å². The van der Waals surface area contributed by atoms with E-state index in [2.05, 4.69) is 4.74 Å². The second kappa shape index (κ2) is 6.96. The van der Waals surface area contributed by atoms with Crippen molar-refractivity contribution in [3.63, 3.8) is 0 Å². The van der Waals surface area contributed by atoms with Crippen LogP contribution >= 0.6 is 11.8 Å². The highest BCUT2D eigenvalue weighted by atomic mass is 32.2. The number of esters is 1. The van der Waals surface area contributed by atoms with Gasteiger partial charge in [-0.05, 0) is 24.3 Å². The maximum absolute atomic E-state index is 11.7. The van der Waals surface area contributed by atoms with Gasteiger partial charge in [-0.1, -0.05) is 13.8 Å². The molecule has 0 amide bonds. The van der Waals surface area contributed by atoms with Gasteiger partial charge in [0.2, 0.25) is 0 Å². The molecule has 0 saturated carbocycles. The zero-order valence-electron chi connectivity index (χ0n) is 11.3. The maximum atomic E-state index is 11.7. The largest absolute Gasteiger partial charge is 0.469 e.